The summed E-state index contributed by atoms with van der Waals surface area (Å²) in [5.41, 5.74) is 1.30. The summed E-state index contributed by atoms with van der Waals surface area (Å²) in [6.07, 6.45) is 10.5. The fourth-order valence-corrected chi connectivity index (χ4v) is 0.818. The van der Waals surface area contributed by atoms with Crippen LogP contribution in [0.15, 0.2) is 36.1 Å². The molecule has 0 atom stereocenters. The topological polar surface area (TPSA) is 4.44 Å². The van der Waals surface area contributed by atoms with Crippen LogP contribution in [0.1, 0.15) is 0 Å². The molecule has 0 unspecified atom stereocenters. The van der Waals surface area contributed by atoms with Crippen LogP contribution in [0.2, 0.25) is 0 Å². The van der Waals surface area contributed by atoms with Crippen LogP contribution in [0.5, 0.6) is 0 Å². The van der Waals surface area contributed by atoms with Crippen molar-refractivity contribution in [3.8, 4) is 0 Å². The molecular formula is C8H12N+. The van der Waals surface area contributed by atoms with Crippen LogP contribution in [0, 0.1) is 0 Å². The molecule has 1 nitrogen and oxygen atoms in total. The van der Waals surface area contributed by atoms with E-state index >= 15 is 0 Å². The van der Waals surface area contributed by atoms with Gasteiger partial charge in [-0.3, -0.25) is 0 Å². The zero-order valence-corrected chi connectivity index (χ0v) is 5.89. The maximum absolute atomic E-state index is 2.17. The van der Waals surface area contributed by atoms with Gasteiger partial charge in [0.15, 0.2) is 0 Å². The average molecular weight is 122 g/mol. The minimum Gasteiger partial charge on any atom is -0.313 e. The molecule has 0 heterocycles. The van der Waals surface area contributed by atoms with Crippen LogP contribution in [-0.4, -0.2) is 14.1 Å². The molecule has 1 aliphatic carbocycles. The molecular weight excluding hydrogens is 110 g/mol. The molecule has 1 N–H and O–H groups in total. The van der Waals surface area contributed by atoms with Gasteiger partial charge in [0.25, 0.3) is 0 Å². The monoisotopic (exact) mass is 122 g/mol. The fourth-order valence-electron chi connectivity index (χ4n) is 0.818. The predicted molar refractivity (Wildman–Crippen MR) is 39.2 cm³/mol. The smallest absolute Gasteiger partial charge is 0.101 e. The molecule has 1 aliphatic rings. The van der Waals surface area contributed by atoms with Crippen molar-refractivity contribution in [1.29, 1.82) is 0 Å². The molecule has 1 heteroatoms. The molecule has 48 valence electrons. The molecule has 9 heavy (non-hydrogen) atoms. The molecule has 0 saturated heterocycles. The van der Waals surface area contributed by atoms with E-state index in [2.05, 4.69) is 44.6 Å². The van der Waals surface area contributed by atoms with Gasteiger partial charge in [-0.05, 0) is 12.2 Å². The predicted octanol–water partition coefficient (Wildman–Crippen LogP) is 0.141. The first-order chi connectivity index (χ1) is 4.29. The zero-order chi connectivity index (χ0) is 6.69. The van der Waals surface area contributed by atoms with Gasteiger partial charge < -0.3 is 4.90 Å². The SMILES string of the molecule is C[NH+](C)C=C1C=CC=C1. The van der Waals surface area contributed by atoms with E-state index in [1.165, 1.54) is 10.5 Å². The Morgan fingerprint density at radius 3 is 2.22 bits per heavy atom. The first kappa shape index (κ1) is 6.30. The number of nitrogens with one attached hydrogen (secondary N) is 1. The third-order valence-electron chi connectivity index (χ3n) is 1.14. The lowest BCUT2D eigenvalue weighted by molar-refractivity contribution is -0.801. The van der Waals surface area contributed by atoms with Gasteiger partial charge in [-0.25, -0.2) is 0 Å². The van der Waals surface area contributed by atoms with Gasteiger partial charge in [0.2, 0.25) is 0 Å². The first-order valence-electron chi connectivity index (χ1n) is 3.15. The van der Waals surface area contributed by atoms with Gasteiger partial charge in [0.1, 0.15) is 6.20 Å². The molecule has 0 aliphatic heterocycles. The summed E-state index contributed by atoms with van der Waals surface area (Å²) in [4.78, 5) is 1.35. The molecule has 1 rings (SSSR count). The molecule has 0 aromatic carbocycles. The Labute approximate surface area is 56.0 Å². The highest BCUT2D eigenvalue weighted by Crippen LogP contribution is 2.03. The summed E-state index contributed by atoms with van der Waals surface area (Å²) < 4.78 is 0. The third kappa shape index (κ3) is 1.86. The summed E-state index contributed by atoms with van der Waals surface area (Å²) in [7, 11) is 4.21. The number of hydrogen-bond acceptors (Lipinski definition) is 0. The molecule has 0 spiro atoms. The maximum atomic E-state index is 2.17. The molecule has 0 bridgehead atoms. The van der Waals surface area contributed by atoms with E-state index in [4.69, 9.17) is 0 Å². The Kier molecular flexibility index (Phi) is 1.85. The normalized spacial score (nSPS) is 15.7. The van der Waals surface area contributed by atoms with E-state index < -0.39 is 0 Å². The minimum absolute atomic E-state index is 1.30. The summed E-state index contributed by atoms with van der Waals surface area (Å²) in [6, 6.07) is 0. The van der Waals surface area contributed by atoms with E-state index in [1.807, 2.05) is 0 Å². The highest BCUT2D eigenvalue weighted by Gasteiger charge is 1.93. The van der Waals surface area contributed by atoms with Gasteiger partial charge in [-0.2, -0.15) is 0 Å². The Balaban J connectivity index is 2.62. The maximum Gasteiger partial charge on any atom is 0.101 e. The lowest BCUT2D eigenvalue weighted by Crippen LogP contribution is -3.00. The summed E-state index contributed by atoms with van der Waals surface area (Å²) in [5, 5.41) is 0. The van der Waals surface area contributed by atoms with Gasteiger partial charge in [0.05, 0.1) is 14.1 Å². The minimum atomic E-state index is 1.30. The summed E-state index contributed by atoms with van der Waals surface area (Å²) in [5.74, 6) is 0. The Bertz CT molecular complexity index is 159. The highest BCUT2D eigenvalue weighted by atomic mass is 15.0. The second-order valence-electron chi connectivity index (χ2n) is 2.44. The van der Waals surface area contributed by atoms with E-state index in [1.54, 1.807) is 0 Å². The van der Waals surface area contributed by atoms with Crippen LogP contribution in [0.4, 0.5) is 0 Å². The van der Waals surface area contributed by atoms with Crippen molar-refractivity contribution < 1.29 is 4.90 Å². The number of rotatable bonds is 1. The molecule has 0 aromatic heterocycles. The molecule has 0 aromatic rings. The second-order valence-corrected chi connectivity index (χ2v) is 2.44. The van der Waals surface area contributed by atoms with Crippen LogP contribution < -0.4 is 4.90 Å². The quantitative estimate of drug-likeness (QED) is 0.504. The Morgan fingerprint density at radius 2 is 1.78 bits per heavy atom. The second kappa shape index (κ2) is 2.65. The van der Waals surface area contributed by atoms with Crippen LogP contribution in [-0.2, 0) is 0 Å². The molecule has 0 radical (unpaired) electrons. The lowest BCUT2D eigenvalue weighted by Gasteiger charge is -1.97. The Hall–Kier alpha value is -0.820. The van der Waals surface area contributed by atoms with E-state index in [0.717, 1.165) is 0 Å². The molecule has 0 saturated carbocycles. The van der Waals surface area contributed by atoms with Crippen molar-refractivity contribution in [2.75, 3.05) is 14.1 Å². The van der Waals surface area contributed by atoms with Crippen molar-refractivity contribution in [1.82, 2.24) is 0 Å². The zero-order valence-electron chi connectivity index (χ0n) is 5.89. The number of allylic oxidation sites excluding steroid dienone is 5. The number of quaternary nitrogens is 1. The number of hydrogen-bond donors (Lipinski definition) is 1. The van der Waals surface area contributed by atoms with Crippen LogP contribution >= 0.6 is 0 Å². The lowest BCUT2D eigenvalue weighted by atomic mass is 10.3. The first-order valence-corrected chi connectivity index (χ1v) is 3.15. The van der Waals surface area contributed by atoms with Gasteiger partial charge >= 0.3 is 0 Å². The standard InChI is InChI=1S/C8H11N/c1-9(2)7-8-5-3-4-6-8/h3-7H,1-2H3/p+1. The fraction of sp³-hybridized carbons (Fsp3) is 0.250. The summed E-state index contributed by atoms with van der Waals surface area (Å²) >= 11 is 0. The van der Waals surface area contributed by atoms with Crippen molar-refractivity contribution in [3.05, 3.63) is 36.1 Å². The van der Waals surface area contributed by atoms with Crippen LogP contribution in [0.25, 0.3) is 0 Å². The average Bonchev–Trinajstić information content (AvgIpc) is 2.15. The van der Waals surface area contributed by atoms with Crippen molar-refractivity contribution >= 4 is 0 Å². The van der Waals surface area contributed by atoms with Gasteiger partial charge in [-0.15, -0.1) is 0 Å². The highest BCUT2D eigenvalue weighted by molar-refractivity contribution is 5.38. The third-order valence-corrected chi connectivity index (χ3v) is 1.14. The van der Waals surface area contributed by atoms with E-state index in [-0.39, 0.29) is 0 Å². The van der Waals surface area contributed by atoms with Crippen molar-refractivity contribution in [2.24, 2.45) is 0 Å². The van der Waals surface area contributed by atoms with Crippen LogP contribution in [0.3, 0.4) is 0 Å². The molecule has 0 fully saturated rings. The summed E-state index contributed by atoms with van der Waals surface area (Å²) in [6.45, 7) is 0. The van der Waals surface area contributed by atoms with Gasteiger partial charge in [-0.1, -0.05) is 12.2 Å². The van der Waals surface area contributed by atoms with Crippen molar-refractivity contribution in [3.63, 3.8) is 0 Å². The van der Waals surface area contributed by atoms with Gasteiger partial charge in [0, 0.05) is 5.57 Å². The van der Waals surface area contributed by atoms with E-state index in [9.17, 15) is 0 Å². The Morgan fingerprint density at radius 1 is 1.22 bits per heavy atom. The molecule has 0 amide bonds. The largest absolute Gasteiger partial charge is 0.313 e. The van der Waals surface area contributed by atoms with Crippen molar-refractivity contribution in [2.45, 2.75) is 0 Å². The van der Waals surface area contributed by atoms with E-state index in [0.29, 0.717) is 0 Å².